The molecule has 5 rings (SSSR count). The molecule has 0 aliphatic carbocycles. The standard InChI is InChI=1S/C17H14N6O2/c1-25-9-6-7-10-12(8-9)19-14(24)17(10)22-15(18)21-16-20-11-4-2-3-5-13(11)23(16)17/h2-8H,1H3,(H,19,24)(H3,18,20,21,22). The van der Waals surface area contributed by atoms with Crippen LogP contribution >= 0.6 is 0 Å². The maximum absolute atomic E-state index is 13.1. The predicted octanol–water partition coefficient (Wildman–Crippen LogP) is 1.44. The maximum atomic E-state index is 13.1. The van der Waals surface area contributed by atoms with E-state index in [-0.39, 0.29) is 11.9 Å². The van der Waals surface area contributed by atoms with Gasteiger partial charge in [0, 0.05) is 11.6 Å². The first kappa shape index (κ1) is 13.8. The Balaban J connectivity index is 1.88. The molecule has 1 unspecified atom stereocenters. The van der Waals surface area contributed by atoms with Crippen LogP contribution in [-0.2, 0) is 10.5 Å². The van der Waals surface area contributed by atoms with Crippen LogP contribution in [0.15, 0.2) is 47.5 Å². The van der Waals surface area contributed by atoms with E-state index in [1.54, 1.807) is 23.8 Å². The van der Waals surface area contributed by atoms with Crippen LogP contribution in [0.25, 0.3) is 11.0 Å². The molecule has 0 saturated heterocycles. The van der Waals surface area contributed by atoms with Gasteiger partial charge in [0.25, 0.3) is 5.91 Å². The number of imidazole rings is 1. The number of para-hydroxylation sites is 2. The highest BCUT2D eigenvalue weighted by Gasteiger charge is 2.52. The number of methoxy groups -OCH3 is 1. The number of benzene rings is 2. The number of anilines is 2. The van der Waals surface area contributed by atoms with Crippen molar-refractivity contribution in [3.8, 4) is 5.75 Å². The number of hydrogen-bond donors (Lipinski definition) is 3. The summed E-state index contributed by atoms with van der Waals surface area (Å²) in [5.74, 6) is 0.983. The molecule has 0 fully saturated rings. The second-order valence-corrected chi connectivity index (χ2v) is 5.92. The zero-order valence-corrected chi connectivity index (χ0v) is 13.3. The molecule has 8 nitrogen and oxygen atoms in total. The van der Waals surface area contributed by atoms with Crippen molar-refractivity contribution < 1.29 is 9.53 Å². The van der Waals surface area contributed by atoms with E-state index in [1.807, 2.05) is 30.3 Å². The van der Waals surface area contributed by atoms with Gasteiger partial charge < -0.3 is 15.8 Å². The number of nitrogens with two attached hydrogens (primary N) is 1. The fourth-order valence-electron chi connectivity index (χ4n) is 3.53. The summed E-state index contributed by atoms with van der Waals surface area (Å²) in [4.78, 5) is 22.1. The number of carbonyl (C=O) groups excluding carboxylic acids is 1. The monoisotopic (exact) mass is 334 g/mol. The lowest BCUT2D eigenvalue weighted by Crippen LogP contribution is -2.47. The highest BCUT2D eigenvalue weighted by Crippen LogP contribution is 2.46. The number of aliphatic imine (C=N–C) groups is 1. The van der Waals surface area contributed by atoms with Gasteiger partial charge in [-0.05, 0) is 24.3 Å². The second kappa shape index (κ2) is 4.50. The van der Waals surface area contributed by atoms with E-state index < -0.39 is 5.66 Å². The van der Waals surface area contributed by atoms with Crippen LogP contribution in [-0.4, -0.2) is 28.5 Å². The van der Waals surface area contributed by atoms with E-state index in [1.165, 1.54) is 0 Å². The fourth-order valence-corrected chi connectivity index (χ4v) is 3.53. The lowest BCUT2D eigenvalue weighted by molar-refractivity contribution is -0.121. The SMILES string of the molecule is COc1ccc2c(c1)NC(=O)C21N=C(N)Nc2nc3ccccc3n21. The van der Waals surface area contributed by atoms with E-state index in [2.05, 4.69) is 20.6 Å². The van der Waals surface area contributed by atoms with Gasteiger partial charge in [0.1, 0.15) is 5.75 Å². The Hall–Kier alpha value is -3.55. The highest BCUT2D eigenvalue weighted by molar-refractivity contribution is 6.10. The molecule has 0 bridgehead atoms. The van der Waals surface area contributed by atoms with Crippen molar-refractivity contribution in [3.63, 3.8) is 0 Å². The number of carbonyl (C=O) groups is 1. The van der Waals surface area contributed by atoms with Gasteiger partial charge >= 0.3 is 0 Å². The number of fused-ring (bicyclic) bond motifs is 6. The number of nitrogens with zero attached hydrogens (tertiary/aromatic N) is 3. The highest BCUT2D eigenvalue weighted by atomic mass is 16.5. The molecule has 2 aliphatic heterocycles. The third-order valence-corrected chi connectivity index (χ3v) is 4.57. The van der Waals surface area contributed by atoms with Gasteiger partial charge in [-0.2, -0.15) is 0 Å². The third-order valence-electron chi connectivity index (χ3n) is 4.57. The molecule has 3 aromatic rings. The van der Waals surface area contributed by atoms with Gasteiger partial charge in [-0.1, -0.05) is 12.1 Å². The van der Waals surface area contributed by atoms with Crippen LogP contribution < -0.4 is 21.1 Å². The number of guanidine groups is 1. The molecule has 3 heterocycles. The van der Waals surface area contributed by atoms with E-state index in [9.17, 15) is 4.79 Å². The molecule has 4 N–H and O–H groups in total. The van der Waals surface area contributed by atoms with Gasteiger partial charge in [-0.15, -0.1) is 0 Å². The summed E-state index contributed by atoms with van der Waals surface area (Å²) in [6.07, 6.45) is 0. The molecule has 124 valence electrons. The number of nitrogens with one attached hydrogen (secondary N) is 2. The number of aromatic nitrogens is 2. The van der Waals surface area contributed by atoms with Crippen molar-refractivity contribution in [2.75, 3.05) is 17.7 Å². The van der Waals surface area contributed by atoms with Crippen LogP contribution in [0.5, 0.6) is 5.75 Å². The van der Waals surface area contributed by atoms with Crippen molar-refractivity contribution in [2.45, 2.75) is 5.66 Å². The van der Waals surface area contributed by atoms with Crippen molar-refractivity contribution in [3.05, 3.63) is 48.0 Å². The van der Waals surface area contributed by atoms with Gasteiger partial charge in [-0.25, -0.2) is 9.98 Å². The van der Waals surface area contributed by atoms with Crippen molar-refractivity contribution in [1.82, 2.24) is 9.55 Å². The van der Waals surface area contributed by atoms with E-state index in [4.69, 9.17) is 10.5 Å². The molecule has 0 radical (unpaired) electrons. The molecule has 1 aromatic heterocycles. The maximum Gasteiger partial charge on any atom is 0.278 e. The minimum Gasteiger partial charge on any atom is -0.497 e. The number of amides is 1. The van der Waals surface area contributed by atoms with Crippen LogP contribution in [0.2, 0.25) is 0 Å². The second-order valence-electron chi connectivity index (χ2n) is 5.92. The summed E-state index contributed by atoms with van der Waals surface area (Å²) in [6, 6.07) is 13.0. The molecular weight excluding hydrogens is 320 g/mol. The van der Waals surface area contributed by atoms with Gasteiger partial charge in [0.2, 0.25) is 11.6 Å². The van der Waals surface area contributed by atoms with E-state index >= 15 is 0 Å². The topological polar surface area (TPSA) is 107 Å². The molecule has 1 amide bonds. The molecule has 25 heavy (non-hydrogen) atoms. The van der Waals surface area contributed by atoms with Crippen LogP contribution in [0, 0.1) is 0 Å². The largest absolute Gasteiger partial charge is 0.497 e. The molecule has 2 aromatic carbocycles. The number of ether oxygens (including phenoxy) is 1. The Labute approximate surface area is 142 Å². The first-order valence-corrected chi connectivity index (χ1v) is 7.74. The smallest absolute Gasteiger partial charge is 0.278 e. The Bertz CT molecular complexity index is 1090. The zero-order valence-electron chi connectivity index (χ0n) is 13.3. The summed E-state index contributed by atoms with van der Waals surface area (Å²) in [6.45, 7) is 0. The summed E-state index contributed by atoms with van der Waals surface area (Å²) in [5, 5.41) is 5.84. The van der Waals surface area contributed by atoms with Gasteiger partial charge in [0.15, 0.2) is 5.96 Å². The van der Waals surface area contributed by atoms with Gasteiger partial charge in [-0.3, -0.25) is 14.7 Å². The zero-order chi connectivity index (χ0) is 17.2. The van der Waals surface area contributed by atoms with Crippen molar-refractivity contribution in [1.29, 1.82) is 0 Å². The predicted molar refractivity (Wildman–Crippen MR) is 93.7 cm³/mol. The lowest BCUT2D eigenvalue weighted by atomic mass is 10.00. The Morgan fingerprint density at radius 2 is 2.04 bits per heavy atom. The third kappa shape index (κ3) is 1.63. The Morgan fingerprint density at radius 3 is 2.88 bits per heavy atom. The molecule has 8 heteroatoms. The van der Waals surface area contributed by atoms with Crippen molar-refractivity contribution in [2.24, 2.45) is 10.7 Å². The normalized spacial score (nSPS) is 20.7. The first-order valence-electron chi connectivity index (χ1n) is 7.74. The number of rotatable bonds is 1. The quantitative estimate of drug-likeness (QED) is 0.624. The van der Waals surface area contributed by atoms with Crippen LogP contribution in [0.3, 0.4) is 0 Å². The molecule has 1 atom stereocenters. The summed E-state index contributed by atoms with van der Waals surface area (Å²) in [7, 11) is 1.58. The first-order chi connectivity index (χ1) is 12.1. The molecule has 2 aliphatic rings. The summed E-state index contributed by atoms with van der Waals surface area (Å²) >= 11 is 0. The van der Waals surface area contributed by atoms with Crippen LogP contribution in [0.1, 0.15) is 5.56 Å². The Kier molecular flexibility index (Phi) is 2.49. The van der Waals surface area contributed by atoms with Crippen LogP contribution in [0.4, 0.5) is 11.6 Å². The Morgan fingerprint density at radius 1 is 1.20 bits per heavy atom. The molecule has 0 saturated carbocycles. The summed E-state index contributed by atoms with van der Waals surface area (Å²) < 4.78 is 7.04. The number of hydrogen-bond acceptors (Lipinski definition) is 6. The average molecular weight is 334 g/mol. The van der Waals surface area contributed by atoms with E-state index in [0.717, 1.165) is 11.0 Å². The van der Waals surface area contributed by atoms with Crippen molar-refractivity contribution >= 4 is 34.5 Å². The molecular formula is C17H14N6O2. The van der Waals surface area contributed by atoms with E-state index in [0.29, 0.717) is 22.9 Å². The summed E-state index contributed by atoms with van der Waals surface area (Å²) in [5.41, 5.74) is 7.54. The minimum absolute atomic E-state index is 0.140. The minimum atomic E-state index is -1.33. The fraction of sp³-hybridized carbons (Fsp3) is 0.118. The average Bonchev–Trinajstić information content (AvgIpc) is 3.10. The lowest BCUT2D eigenvalue weighted by Gasteiger charge is -2.31. The molecule has 1 spiro atoms. The van der Waals surface area contributed by atoms with Gasteiger partial charge in [0.05, 0.1) is 23.8 Å².